The van der Waals surface area contributed by atoms with Crippen LogP contribution in [0.1, 0.15) is 57.6 Å². The number of nitrogens with one attached hydrogen (secondary N) is 2. The number of amides is 1. The van der Waals surface area contributed by atoms with Gasteiger partial charge in [-0.25, -0.2) is 9.38 Å². The van der Waals surface area contributed by atoms with Gasteiger partial charge in [0.25, 0.3) is 0 Å². The molecule has 1 saturated carbocycles. The number of aliphatic imine (C=N–C) groups is 1. The van der Waals surface area contributed by atoms with Gasteiger partial charge < -0.3 is 20.3 Å². The first-order chi connectivity index (χ1) is 14.1. The van der Waals surface area contributed by atoms with Gasteiger partial charge in [-0.3, -0.25) is 4.79 Å². The van der Waals surface area contributed by atoms with E-state index in [-0.39, 0.29) is 48.3 Å². The molecule has 6 nitrogen and oxygen atoms in total. The number of guanidine groups is 1. The smallest absolute Gasteiger partial charge is 0.244 e. The van der Waals surface area contributed by atoms with Crippen LogP contribution in [0.5, 0.6) is 5.75 Å². The van der Waals surface area contributed by atoms with Crippen LogP contribution < -0.4 is 15.4 Å². The molecule has 1 aromatic rings. The van der Waals surface area contributed by atoms with Crippen molar-refractivity contribution < 1.29 is 13.9 Å². The maximum atomic E-state index is 14.4. The normalized spacial score (nSPS) is 17.7. The Morgan fingerprint density at radius 1 is 1.30 bits per heavy atom. The zero-order valence-electron chi connectivity index (χ0n) is 18.0. The third kappa shape index (κ3) is 7.59. The van der Waals surface area contributed by atoms with Gasteiger partial charge in [0, 0.05) is 19.6 Å². The van der Waals surface area contributed by atoms with E-state index in [0.29, 0.717) is 30.8 Å². The fourth-order valence-electron chi connectivity index (χ4n) is 3.39. The molecular formula is C22H34FIN4O2. The molecule has 1 atom stereocenters. The van der Waals surface area contributed by atoms with Crippen LogP contribution in [0.15, 0.2) is 23.2 Å². The summed E-state index contributed by atoms with van der Waals surface area (Å²) in [6.07, 6.45) is 5.67. The highest BCUT2D eigenvalue weighted by Gasteiger charge is 2.22. The minimum Gasteiger partial charge on any atom is -0.490 e. The Balaban J connectivity index is 0.00000320. The summed E-state index contributed by atoms with van der Waals surface area (Å²) in [6.45, 7) is 6.95. The van der Waals surface area contributed by atoms with Gasteiger partial charge in [-0.1, -0.05) is 6.07 Å². The van der Waals surface area contributed by atoms with E-state index >= 15 is 0 Å². The van der Waals surface area contributed by atoms with E-state index in [4.69, 9.17) is 4.74 Å². The first kappa shape index (κ1) is 24.7. The average Bonchev–Trinajstić information content (AvgIpc) is 3.56. The predicted molar refractivity (Wildman–Crippen MR) is 128 cm³/mol. The molecule has 30 heavy (non-hydrogen) atoms. The Morgan fingerprint density at radius 2 is 2.03 bits per heavy atom. The minimum absolute atomic E-state index is 0. The number of benzene rings is 1. The summed E-state index contributed by atoms with van der Waals surface area (Å²) in [4.78, 5) is 18.7. The van der Waals surface area contributed by atoms with Crippen LogP contribution in [0.4, 0.5) is 4.39 Å². The van der Waals surface area contributed by atoms with E-state index in [1.807, 2.05) is 24.8 Å². The molecule has 0 bridgehead atoms. The molecule has 168 valence electrons. The number of carbonyl (C=O) groups excluding carboxylic acids is 1. The topological polar surface area (TPSA) is 66.0 Å². The number of likely N-dealkylation sites (tertiary alicyclic amines) is 1. The largest absolute Gasteiger partial charge is 0.490 e. The number of rotatable bonds is 8. The van der Waals surface area contributed by atoms with Crippen LogP contribution in [0.2, 0.25) is 0 Å². The molecule has 1 aromatic carbocycles. The molecule has 0 aromatic heterocycles. The van der Waals surface area contributed by atoms with Crippen LogP contribution in [-0.2, 0) is 4.79 Å². The van der Waals surface area contributed by atoms with Gasteiger partial charge in [0.15, 0.2) is 17.5 Å². The molecule has 1 saturated heterocycles. The maximum absolute atomic E-state index is 14.4. The Bertz CT molecular complexity index is 721. The highest BCUT2D eigenvalue weighted by atomic mass is 127. The van der Waals surface area contributed by atoms with Crippen molar-refractivity contribution in [1.29, 1.82) is 0 Å². The molecule has 3 rings (SSSR count). The second-order valence-corrected chi connectivity index (χ2v) is 7.95. The lowest BCUT2D eigenvalue weighted by molar-refractivity contribution is -0.130. The predicted octanol–water partition coefficient (Wildman–Crippen LogP) is 3.86. The van der Waals surface area contributed by atoms with Crippen LogP contribution in [0.25, 0.3) is 0 Å². The number of halogens is 2. The minimum atomic E-state index is -0.348. The van der Waals surface area contributed by atoms with E-state index in [2.05, 4.69) is 15.6 Å². The lowest BCUT2D eigenvalue weighted by atomic mass is 10.1. The lowest BCUT2D eigenvalue weighted by Gasteiger charge is -2.26. The zero-order valence-corrected chi connectivity index (χ0v) is 20.3. The highest BCUT2D eigenvalue weighted by Crippen LogP contribution is 2.30. The molecule has 1 amide bonds. The van der Waals surface area contributed by atoms with Crippen molar-refractivity contribution in [2.24, 2.45) is 10.9 Å². The van der Waals surface area contributed by atoms with Gasteiger partial charge in [0.2, 0.25) is 5.91 Å². The molecule has 0 spiro atoms. The maximum Gasteiger partial charge on any atom is 0.244 e. The average molecular weight is 532 g/mol. The van der Waals surface area contributed by atoms with Crippen LogP contribution in [0.3, 0.4) is 0 Å². The van der Waals surface area contributed by atoms with Gasteiger partial charge in [0.05, 0.1) is 12.6 Å². The summed E-state index contributed by atoms with van der Waals surface area (Å²) in [5, 5.41) is 6.42. The van der Waals surface area contributed by atoms with Crippen molar-refractivity contribution in [3.05, 3.63) is 29.6 Å². The molecule has 1 unspecified atom stereocenters. The lowest BCUT2D eigenvalue weighted by Crippen LogP contribution is -2.41. The van der Waals surface area contributed by atoms with Crippen molar-refractivity contribution in [3.8, 4) is 5.75 Å². The standard InChI is InChI=1S/C22H33FN4O2.HI/c1-3-24-22(25-14-21(28)27-11-5-4-6-12-27)26-16(2)18-9-10-20(19(23)13-18)29-15-17-7-8-17;/h9-10,13,16-17H,3-8,11-12,14-15H2,1-2H3,(H2,24,25,26);1H. The molecular weight excluding hydrogens is 498 g/mol. The summed E-state index contributed by atoms with van der Waals surface area (Å²) < 4.78 is 19.9. The van der Waals surface area contributed by atoms with Gasteiger partial charge in [-0.05, 0) is 69.6 Å². The molecule has 1 aliphatic carbocycles. The Hall–Kier alpha value is -1.58. The zero-order chi connectivity index (χ0) is 20.6. The van der Waals surface area contributed by atoms with E-state index in [1.165, 1.54) is 25.3 Å². The molecule has 2 fully saturated rings. The van der Waals surface area contributed by atoms with Crippen molar-refractivity contribution in [2.45, 2.75) is 52.0 Å². The van der Waals surface area contributed by atoms with E-state index in [9.17, 15) is 9.18 Å². The van der Waals surface area contributed by atoms with Crippen LogP contribution in [-0.4, -0.2) is 49.6 Å². The monoisotopic (exact) mass is 532 g/mol. The first-order valence-corrected chi connectivity index (χ1v) is 10.8. The SMILES string of the molecule is CCNC(=NCC(=O)N1CCCCC1)NC(C)c1ccc(OCC2CC2)c(F)c1.I. The summed E-state index contributed by atoms with van der Waals surface area (Å²) >= 11 is 0. The molecule has 0 radical (unpaired) electrons. The second kappa shape index (κ2) is 12.3. The third-order valence-electron chi connectivity index (χ3n) is 5.41. The molecule has 1 aliphatic heterocycles. The second-order valence-electron chi connectivity index (χ2n) is 7.95. The Kier molecular flexibility index (Phi) is 10.1. The summed E-state index contributed by atoms with van der Waals surface area (Å²) in [7, 11) is 0. The molecule has 2 N–H and O–H groups in total. The fraction of sp³-hybridized carbons (Fsp3) is 0.636. The third-order valence-corrected chi connectivity index (χ3v) is 5.41. The molecule has 8 heteroatoms. The Labute approximate surface area is 196 Å². The van der Waals surface area contributed by atoms with E-state index < -0.39 is 0 Å². The van der Waals surface area contributed by atoms with E-state index in [0.717, 1.165) is 31.5 Å². The first-order valence-electron chi connectivity index (χ1n) is 10.8. The fourth-order valence-corrected chi connectivity index (χ4v) is 3.39. The Morgan fingerprint density at radius 3 is 2.67 bits per heavy atom. The highest BCUT2D eigenvalue weighted by molar-refractivity contribution is 14.0. The number of piperidine rings is 1. The van der Waals surface area contributed by atoms with Crippen LogP contribution in [0, 0.1) is 11.7 Å². The van der Waals surface area contributed by atoms with Crippen molar-refractivity contribution in [3.63, 3.8) is 0 Å². The number of hydrogen-bond donors (Lipinski definition) is 2. The van der Waals surface area contributed by atoms with Crippen molar-refractivity contribution in [2.75, 3.05) is 32.8 Å². The van der Waals surface area contributed by atoms with Crippen molar-refractivity contribution in [1.82, 2.24) is 15.5 Å². The summed E-state index contributed by atoms with van der Waals surface area (Å²) in [5.74, 6) is 1.15. The van der Waals surface area contributed by atoms with Crippen LogP contribution >= 0.6 is 24.0 Å². The van der Waals surface area contributed by atoms with Gasteiger partial charge in [-0.15, -0.1) is 24.0 Å². The number of hydrogen-bond acceptors (Lipinski definition) is 3. The van der Waals surface area contributed by atoms with Gasteiger partial charge >= 0.3 is 0 Å². The van der Waals surface area contributed by atoms with Crippen molar-refractivity contribution >= 4 is 35.8 Å². The summed E-state index contributed by atoms with van der Waals surface area (Å²) in [6, 6.07) is 4.90. The molecule has 2 aliphatic rings. The number of ether oxygens (including phenoxy) is 1. The number of carbonyl (C=O) groups is 1. The van der Waals surface area contributed by atoms with Gasteiger partial charge in [0.1, 0.15) is 6.54 Å². The molecule has 1 heterocycles. The quantitative estimate of drug-likeness (QED) is 0.303. The van der Waals surface area contributed by atoms with Gasteiger partial charge in [-0.2, -0.15) is 0 Å². The summed E-state index contributed by atoms with van der Waals surface area (Å²) in [5.41, 5.74) is 0.800. The number of nitrogens with zero attached hydrogens (tertiary/aromatic N) is 2. The van der Waals surface area contributed by atoms with E-state index in [1.54, 1.807) is 6.07 Å².